The first-order valence-electron chi connectivity index (χ1n) is 9.64. The summed E-state index contributed by atoms with van der Waals surface area (Å²) in [4.78, 5) is 2.41. The van der Waals surface area contributed by atoms with Crippen molar-refractivity contribution in [1.82, 2.24) is 9.91 Å². The van der Waals surface area contributed by atoms with Crippen LogP contribution in [0, 0.1) is 0 Å². The molecule has 3 nitrogen and oxygen atoms in total. The lowest BCUT2D eigenvalue weighted by Gasteiger charge is -2.33. The van der Waals surface area contributed by atoms with E-state index in [2.05, 4.69) is 52.5 Å². The Morgan fingerprint density at radius 2 is 1.52 bits per heavy atom. The van der Waals surface area contributed by atoms with Gasteiger partial charge in [0.15, 0.2) is 0 Å². The molecule has 150 valence electrons. The largest absolute Gasteiger partial charge is 0.416 e. The molecule has 0 radical (unpaired) electrons. The van der Waals surface area contributed by atoms with Gasteiger partial charge in [0, 0.05) is 32.7 Å². The molecular weight excluding hydrogens is 375 g/mol. The molecule has 0 aromatic heterocycles. The maximum atomic E-state index is 12.6. The van der Waals surface area contributed by atoms with E-state index in [1.807, 2.05) is 5.01 Å². The van der Waals surface area contributed by atoms with E-state index in [-0.39, 0.29) is 0 Å². The van der Waals surface area contributed by atoms with E-state index >= 15 is 0 Å². The van der Waals surface area contributed by atoms with Crippen molar-refractivity contribution < 1.29 is 13.2 Å². The summed E-state index contributed by atoms with van der Waals surface area (Å²) in [5.74, 6) is 0. The minimum absolute atomic E-state index is 0.642. The van der Waals surface area contributed by atoms with Crippen LogP contribution in [0.1, 0.15) is 16.7 Å². The number of halogens is 3. The fourth-order valence-corrected chi connectivity index (χ4v) is 3.59. The first-order chi connectivity index (χ1) is 14.0. The number of fused-ring (bicyclic) bond motifs is 1. The smallest absolute Gasteiger partial charge is 0.295 e. The molecule has 0 aliphatic carbocycles. The second-order valence-corrected chi connectivity index (χ2v) is 7.23. The van der Waals surface area contributed by atoms with Gasteiger partial charge in [-0.05, 0) is 34.0 Å². The number of nitrogens with zero attached hydrogens (tertiary/aromatic N) is 3. The Bertz CT molecular complexity index is 983. The highest BCUT2D eigenvalue weighted by Gasteiger charge is 2.29. The molecule has 0 N–H and O–H groups in total. The molecule has 0 spiro atoms. The quantitative estimate of drug-likeness (QED) is 0.577. The monoisotopic (exact) mass is 397 g/mol. The molecule has 1 aliphatic heterocycles. The fourth-order valence-electron chi connectivity index (χ4n) is 3.59. The fraction of sp³-hybridized carbons (Fsp3) is 0.261. The average Bonchev–Trinajstić information content (AvgIpc) is 2.73. The van der Waals surface area contributed by atoms with Crippen molar-refractivity contribution in [2.45, 2.75) is 12.7 Å². The zero-order chi connectivity index (χ0) is 20.3. The van der Waals surface area contributed by atoms with Crippen LogP contribution in [-0.4, -0.2) is 42.3 Å². The van der Waals surface area contributed by atoms with Crippen molar-refractivity contribution in [2.24, 2.45) is 5.10 Å². The van der Waals surface area contributed by atoms with Gasteiger partial charge in [-0.1, -0.05) is 54.6 Å². The Morgan fingerprint density at radius 3 is 2.24 bits per heavy atom. The van der Waals surface area contributed by atoms with Crippen LogP contribution >= 0.6 is 0 Å². The summed E-state index contributed by atoms with van der Waals surface area (Å²) in [5, 5.41) is 8.95. The van der Waals surface area contributed by atoms with Gasteiger partial charge in [0.1, 0.15) is 0 Å². The number of hydrogen-bond acceptors (Lipinski definition) is 3. The number of hydrazone groups is 1. The molecule has 3 aromatic rings. The van der Waals surface area contributed by atoms with Crippen molar-refractivity contribution >= 4 is 17.0 Å². The minimum Gasteiger partial charge on any atom is -0.295 e. The number of piperazine rings is 1. The third kappa shape index (κ3) is 4.77. The Hall–Kier alpha value is -2.86. The lowest BCUT2D eigenvalue weighted by molar-refractivity contribution is -0.137. The predicted molar refractivity (Wildman–Crippen MR) is 110 cm³/mol. The lowest BCUT2D eigenvalue weighted by Crippen LogP contribution is -2.43. The van der Waals surface area contributed by atoms with Gasteiger partial charge in [-0.2, -0.15) is 18.3 Å². The van der Waals surface area contributed by atoms with E-state index in [0.29, 0.717) is 5.56 Å². The molecule has 0 amide bonds. The Labute approximate surface area is 168 Å². The number of benzene rings is 3. The van der Waals surface area contributed by atoms with Gasteiger partial charge in [-0.3, -0.25) is 9.91 Å². The second kappa shape index (κ2) is 8.25. The molecule has 1 fully saturated rings. The first kappa shape index (κ1) is 19.5. The van der Waals surface area contributed by atoms with Crippen LogP contribution in [-0.2, 0) is 12.7 Å². The van der Waals surface area contributed by atoms with Gasteiger partial charge in [0.05, 0.1) is 11.8 Å². The van der Waals surface area contributed by atoms with E-state index in [9.17, 15) is 13.2 Å². The number of alkyl halides is 3. The standard InChI is InChI=1S/C23H22F3N3/c24-23(25,26)21-10-8-18(9-11-21)16-27-29-14-12-28(13-15-29)17-20-6-3-5-19-4-1-2-7-22(19)20/h1-11,16H,12-15,17H2. The molecule has 0 saturated carbocycles. The van der Waals surface area contributed by atoms with Gasteiger partial charge in [0.25, 0.3) is 0 Å². The van der Waals surface area contributed by atoms with Crippen molar-refractivity contribution in [3.63, 3.8) is 0 Å². The van der Waals surface area contributed by atoms with Crippen LogP contribution in [0.15, 0.2) is 71.8 Å². The first-order valence-corrected chi connectivity index (χ1v) is 9.64. The van der Waals surface area contributed by atoms with Crippen molar-refractivity contribution in [3.8, 4) is 0 Å². The van der Waals surface area contributed by atoms with Crippen molar-refractivity contribution in [3.05, 3.63) is 83.4 Å². The lowest BCUT2D eigenvalue weighted by atomic mass is 10.0. The van der Waals surface area contributed by atoms with E-state index in [1.165, 1.54) is 28.5 Å². The summed E-state index contributed by atoms with van der Waals surface area (Å²) in [6.45, 7) is 4.28. The van der Waals surface area contributed by atoms with E-state index in [0.717, 1.165) is 44.9 Å². The van der Waals surface area contributed by atoms with E-state index in [1.54, 1.807) is 6.21 Å². The predicted octanol–water partition coefficient (Wildman–Crippen LogP) is 5.01. The number of rotatable bonds is 4. The van der Waals surface area contributed by atoms with Gasteiger partial charge in [0.2, 0.25) is 0 Å². The molecule has 0 bridgehead atoms. The molecule has 0 unspecified atom stereocenters. The molecular formula is C23H22F3N3. The highest BCUT2D eigenvalue weighted by Crippen LogP contribution is 2.29. The molecule has 1 saturated heterocycles. The molecule has 3 aromatic carbocycles. The normalized spacial score (nSPS) is 16.0. The highest BCUT2D eigenvalue weighted by atomic mass is 19.4. The molecule has 6 heteroatoms. The van der Waals surface area contributed by atoms with Crippen LogP contribution in [0.5, 0.6) is 0 Å². The molecule has 4 rings (SSSR count). The summed E-state index contributed by atoms with van der Waals surface area (Å²) in [6, 6.07) is 19.9. The highest BCUT2D eigenvalue weighted by molar-refractivity contribution is 5.85. The van der Waals surface area contributed by atoms with Crippen molar-refractivity contribution in [1.29, 1.82) is 0 Å². The molecule has 29 heavy (non-hydrogen) atoms. The van der Waals surface area contributed by atoms with Crippen LogP contribution in [0.2, 0.25) is 0 Å². The summed E-state index contributed by atoms with van der Waals surface area (Å²) < 4.78 is 37.9. The van der Waals surface area contributed by atoms with E-state index < -0.39 is 11.7 Å². The van der Waals surface area contributed by atoms with Gasteiger partial charge in [-0.15, -0.1) is 0 Å². The van der Waals surface area contributed by atoms with Gasteiger partial charge in [-0.25, -0.2) is 0 Å². The summed E-state index contributed by atoms with van der Waals surface area (Å²) in [7, 11) is 0. The van der Waals surface area contributed by atoms with Crippen LogP contribution < -0.4 is 0 Å². The summed E-state index contributed by atoms with van der Waals surface area (Å²) in [5.41, 5.74) is 1.35. The van der Waals surface area contributed by atoms with E-state index in [4.69, 9.17) is 0 Å². The Balaban J connectivity index is 1.33. The average molecular weight is 397 g/mol. The third-order valence-corrected chi connectivity index (χ3v) is 5.23. The zero-order valence-electron chi connectivity index (χ0n) is 15.9. The van der Waals surface area contributed by atoms with Crippen LogP contribution in [0.4, 0.5) is 13.2 Å². The van der Waals surface area contributed by atoms with Gasteiger partial charge >= 0.3 is 6.18 Å². The van der Waals surface area contributed by atoms with Crippen LogP contribution in [0.3, 0.4) is 0 Å². The maximum absolute atomic E-state index is 12.6. The molecule has 1 heterocycles. The number of hydrogen-bond donors (Lipinski definition) is 0. The minimum atomic E-state index is -4.31. The van der Waals surface area contributed by atoms with Crippen molar-refractivity contribution in [2.75, 3.05) is 26.2 Å². The van der Waals surface area contributed by atoms with Gasteiger partial charge < -0.3 is 0 Å². The van der Waals surface area contributed by atoms with Crippen LogP contribution in [0.25, 0.3) is 10.8 Å². The Kier molecular flexibility index (Phi) is 5.53. The summed E-state index contributed by atoms with van der Waals surface area (Å²) in [6.07, 6.45) is -2.68. The zero-order valence-corrected chi connectivity index (χ0v) is 15.9. The SMILES string of the molecule is FC(F)(F)c1ccc(C=NN2CCN(Cc3cccc4ccccc34)CC2)cc1. The Morgan fingerprint density at radius 1 is 0.828 bits per heavy atom. The summed E-state index contributed by atoms with van der Waals surface area (Å²) >= 11 is 0. The topological polar surface area (TPSA) is 18.8 Å². The third-order valence-electron chi connectivity index (χ3n) is 5.23. The molecule has 0 atom stereocenters. The maximum Gasteiger partial charge on any atom is 0.416 e. The second-order valence-electron chi connectivity index (χ2n) is 7.23. The molecule has 1 aliphatic rings.